The van der Waals surface area contributed by atoms with E-state index in [2.05, 4.69) is 11.9 Å². The number of hydrogen-bond donors (Lipinski definition) is 1. The molecule has 0 spiro atoms. The molecular weight excluding hydrogens is 250 g/mol. The van der Waals surface area contributed by atoms with Crippen LogP contribution in [0.15, 0.2) is 18.2 Å². The molecule has 0 saturated carbocycles. The van der Waals surface area contributed by atoms with E-state index in [1.54, 1.807) is 7.11 Å². The van der Waals surface area contributed by atoms with E-state index in [0.717, 1.165) is 37.2 Å². The fourth-order valence-electron chi connectivity index (χ4n) is 2.89. The molecule has 1 atom stereocenters. The summed E-state index contributed by atoms with van der Waals surface area (Å²) in [5, 5.41) is 10.6. The highest BCUT2D eigenvalue weighted by Crippen LogP contribution is 2.39. The number of hydrogen-bond acceptors (Lipinski definition) is 3. The molecule has 0 aromatic heterocycles. The molecular formula is C14H20ClNO2. The van der Waals surface area contributed by atoms with Gasteiger partial charge in [-0.15, -0.1) is 0 Å². The summed E-state index contributed by atoms with van der Waals surface area (Å²) in [5.41, 5.74) is 0.759. The summed E-state index contributed by atoms with van der Waals surface area (Å²) in [4.78, 5) is 2.25. The van der Waals surface area contributed by atoms with Crippen LogP contribution in [0.2, 0.25) is 5.02 Å². The van der Waals surface area contributed by atoms with E-state index in [-0.39, 0.29) is 12.0 Å². The van der Waals surface area contributed by atoms with E-state index in [9.17, 15) is 5.11 Å². The van der Waals surface area contributed by atoms with Crippen LogP contribution in [-0.4, -0.2) is 43.9 Å². The SMILES string of the molecule is COc1ccc(Cl)cc1C1(CO)CCCN(C)C1. The average Bonchev–Trinajstić information content (AvgIpc) is 2.38. The average molecular weight is 270 g/mol. The topological polar surface area (TPSA) is 32.7 Å². The maximum atomic E-state index is 9.90. The molecule has 1 aliphatic heterocycles. The Morgan fingerprint density at radius 1 is 1.50 bits per heavy atom. The van der Waals surface area contributed by atoms with Crippen molar-refractivity contribution in [1.29, 1.82) is 0 Å². The Balaban J connectivity index is 2.45. The molecule has 1 N–H and O–H groups in total. The van der Waals surface area contributed by atoms with Gasteiger partial charge in [0.1, 0.15) is 5.75 Å². The van der Waals surface area contributed by atoms with Crippen molar-refractivity contribution in [1.82, 2.24) is 4.90 Å². The number of methoxy groups -OCH3 is 1. The van der Waals surface area contributed by atoms with Gasteiger partial charge in [0.2, 0.25) is 0 Å². The normalized spacial score (nSPS) is 25.1. The van der Waals surface area contributed by atoms with E-state index < -0.39 is 0 Å². The van der Waals surface area contributed by atoms with Crippen molar-refractivity contribution >= 4 is 11.6 Å². The number of benzene rings is 1. The van der Waals surface area contributed by atoms with Crippen LogP contribution in [0.3, 0.4) is 0 Å². The molecule has 1 unspecified atom stereocenters. The summed E-state index contributed by atoms with van der Waals surface area (Å²) >= 11 is 6.10. The third kappa shape index (κ3) is 2.48. The molecule has 0 bridgehead atoms. The van der Waals surface area contributed by atoms with Crippen LogP contribution in [0.25, 0.3) is 0 Å². The van der Waals surface area contributed by atoms with Gasteiger partial charge < -0.3 is 14.7 Å². The largest absolute Gasteiger partial charge is 0.496 e. The zero-order valence-electron chi connectivity index (χ0n) is 10.9. The van der Waals surface area contributed by atoms with Gasteiger partial charge in [-0.3, -0.25) is 0 Å². The third-order valence-electron chi connectivity index (χ3n) is 3.80. The molecule has 1 aliphatic rings. The number of halogens is 1. The molecule has 18 heavy (non-hydrogen) atoms. The van der Waals surface area contributed by atoms with Crippen LogP contribution in [0.1, 0.15) is 18.4 Å². The van der Waals surface area contributed by atoms with E-state index in [0.29, 0.717) is 5.02 Å². The lowest BCUT2D eigenvalue weighted by Crippen LogP contribution is -2.46. The fourth-order valence-corrected chi connectivity index (χ4v) is 3.06. The highest BCUT2D eigenvalue weighted by atomic mass is 35.5. The molecule has 1 heterocycles. The lowest BCUT2D eigenvalue weighted by Gasteiger charge is -2.41. The van der Waals surface area contributed by atoms with Crippen molar-refractivity contribution in [3.63, 3.8) is 0 Å². The number of rotatable bonds is 3. The number of likely N-dealkylation sites (N-methyl/N-ethyl adjacent to an activating group) is 1. The number of nitrogens with zero attached hydrogens (tertiary/aromatic N) is 1. The number of likely N-dealkylation sites (tertiary alicyclic amines) is 1. The monoisotopic (exact) mass is 269 g/mol. The summed E-state index contributed by atoms with van der Waals surface area (Å²) in [7, 11) is 3.74. The number of ether oxygens (including phenoxy) is 1. The van der Waals surface area contributed by atoms with E-state index >= 15 is 0 Å². The first kappa shape index (κ1) is 13.7. The van der Waals surface area contributed by atoms with Crippen molar-refractivity contribution in [2.75, 3.05) is 33.9 Å². The molecule has 100 valence electrons. The number of piperidine rings is 1. The van der Waals surface area contributed by atoms with Crippen LogP contribution in [0.5, 0.6) is 5.75 Å². The Hall–Kier alpha value is -0.770. The molecule has 0 amide bonds. The quantitative estimate of drug-likeness (QED) is 0.914. The first-order valence-corrected chi connectivity index (χ1v) is 6.62. The van der Waals surface area contributed by atoms with E-state index in [1.165, 1.54) is 0 Å². The van der Waals surface area contributed by atoms with Gasteiger partial charge in [-0.05, 0) is 44.6 Å². The third-order valence-corrected chi connectivity index (χ3v) is 4.04. The minimum Gasteiger partial charge on any atom is -0.496 e. The molecule has 0 aliphatic carbocycles. The summed E-state index contributed by atoms with van der Waals surface area (Å²) in [6.07, 6.45) is 2.04. The molecule has 1 saturated heterocycles. The Morgan fingerprint density at radius 3 is 2.89 bits per heavy atom. The molecule has 1 fully saturated rings. The van der Waals surface area contributed by atoms with Crippen LogP contribution in [0, 0.1) is 0 Å². The van der Waals surface area contributed by atoms with Gasteiger partial charge in [0.15, 0.2) is 0 Å². The molecule has 2 rings (SSSR count). The Morgan fingerprint density at radius 2 is 2.28 bits per heavy atom. The molecule has 1 aromatic carbocycles. The van der Waals surface area contributed by atoms with Gasteiger partial charge in [0.25, 0.3) is 0 Å². The summed E-state index contributed by atoms with van der Waals surface area (Å²) in [5.74, 6) is 0.809. The highest BCUT2D eigenvalue weighted by Gasteiger charge is 2.37. The molecule has 3 nitrogen and oxygen atoms in total. The number of aliphatic hydroxyl groups is 1. The zero-order valence-corrected chi connectivity index (χ0v) is 11.7. The Kier molecular flexibility index (Phi) is 4.15. The standard InChI is InChI=1S/C14H20ClNO2/c1-16-7-3-6-14(9-16,10-17)12-8-11(15)4-5-13(12)18-2/h4-5,8,17H,3,6-7,9-10H2,1-2H3. The Labute approximate surface area is 113 Å². The van der Waals surface area contributed by atoms with Gasteiger partial charge in [-0.1, -0.05) is 11.6 Å². The second-order valence-corrected chi connectivity index (χ2v) is 5.56. The minimum atomic E-state index is -0.261. The summed E-state index contributed by atoms with van der Waals surface area (Å²) in [6.45, 7) is 2.03. The first-order valence-electron chi connectivity index (χ1n) is 6.25. The van der Waals surface area contributed by atoms with E-state index in [1.807, 2.05) is 18.2 Å². The van der Waals surface area contributed by atoms with Crippen molar-refractivity contribution < 1.29 is 9.84 Å². The van der Waals surface area contributed by atoms with Gasteiger partial charge in [-0.25, -0.2) is 0 Å². The van der Waals surface area contributed by atoms with Crippen molar-refractivity contribution in [3.8, 4) is 5.75 Å². The molecule has 1 aromatic rings. The van der Waals surface area contributed by atoms with Gasteiger partial charge in [0, 0.05) is 22.5 Å². The first-order chi connectivity index (χ1) is 8.61. The van der Waals surface area contributed by atoms with Crippen LogP contribution in [-0.2, 0) is 5.41 Å². The predicted molar refractivity (Wildman–Crippen MR) is 73.5 cm³/mol. The maximum absolute atomic E-state index is 9.90. The van der Waals surface area contributed by atoms with Gasteiger partial charge in [0.05, 0.1) is 13.7 Å². The molecule has 4 heteroatoms. The lowest BCUT2D eigenvalue weighted by atomic mass is 9.74. The van der Waals surface area contributed by atoms with Crippen molar-refractivity contribution in [2.24, 2.45) is 0 Å². The molecule has 0 radical (unpaired) electrons. The van der Waals surface area contributed by atoms with Crippen LogP contribution in [0.4, 0.5) is 0 Å². The Bertz CT molecular complexity index is 424. The van der Waals surface area contributed by atoms with E-state index in [4.69, 9.17) is 16.3 Å². The van der Waals surface area contributed by atoms with Crippen molar-refractivity contribution in [2.45, 2.75) is 18.3 Å². The van der Waals surface area contributed by atoms with Crippen LogP contribution >= 0.6 is 11.6 Å². The second-order valence-electron chi connectivity index (χ2n) is 5.12. The second kappa shape index (κ2) is 5.47. The maximum Gasteiger partial charge on any atom is 0.122 e. The zero-order chi connectivity index (χ0) is 13.2. The van der Waals surface area contributed by atoms with Gasteiger partial charge in [-0.2, -0.15) is 0 Å². The lowest BCUT2D eigenvalue weighted by molar-refractivity contribution is 0.102. The van der Waals surface area contributed by atoms with Crippen LogP contribution < -0.4 is 4.74 Å². The smallest absolute Gasteiger partial charge is 0.122 e. The number of aliphatic hydroxyl groups excluding tert-OH is 1. The predicted octanol–water partition coefficient (Wildman–Crippen LogP) is 2.30. The highest BCUT2D eigenvalue weighted by molar-refractivity contribution is 6.30. The van der Waals surface area contributed by atoms with Gasteiger partial charge >= 0.3 is 0 Å². The summed E-state index contributed by atoms with van der Waals surface area (Å²) < 4.78 is 5.43. The van der Waals surface area contributed by atoms with Crippen molar-refractivity contribution in [3.05, 3.63) is 28.8 Å². The summed E-state index contributed by atoms with van der Waals surface area (Å²) in [6, 6.07) is 5.63. The fraction of sp³-hybridized carbons (Fsp3) is 0.571. The minimum absolute atomic E-state index is 0.119.